The SMILES string of the molecule is CC[C@H](C)N(C)C(=O)c1nc2ccccc2c(-c2ccccc2)c1C. The zero-order valence-corrected chi connectivity index (χ0v) is 15.3. The van der Waals surface area contributed by atoms with Gasteiger partial charge in [0.25, 0.3) is 5.91 Å². The first-order valence-electron chi connectivity index (χ1n) is 8.76. The standard InChI is InChI=1S/C22H24N2O/c1-5-15(2)24(4)22(25)21-16(3)20(17-11-7-6-8-12-17)18-13-9-10-14-19(18)23-21/h6-15H,5H2,1-4H3/t15-/m0/s1. The van der Waals surface area contributed by atoms with Gasteiger partial charge in [-0.15, -0.1) is 0 Å². The molecule has 1 heterocycles. The van der Waals surface area contributed by atoms with Crippen LogP contribution in [0.25, 0.3) is 22.0 Å². The minimum Gasteiger partial charge on any atom is -0.338 e. The summed E-state index contributed by atoms with van der Waals surface area (Å²) in [7, 11) is 1.86. The number of pyridine rings is 1. The van der Waals surface area contributed by atoms with Crippen molar-refractivity contribution >= 4 is 16.8 Å². The molecule has 3 rings (SSSR count). The van der Waals surface area contributed by atoms with Gasteiger partial charge in [0.2, 0.25) is 0 Å². The first-order valence-corrected chi connectivity index (χ1v) is 8.76. The summed E-state index contributed by atoms with van der Waals surface area (Å²) in [6.45, 7) is 6.15. The number of carbonyl (C=O) groups is 1. The van der Waals surface area contributed by atoms with Gasteiger partial charge in [-0.1, -0.05) is 55.5 Å². The molecule has 1 aromatic heterocycles. The second-order valence-electron chi connectivity index (χ2n) is 6.52. The maximum Gasteiger partial charge on any atom is 0.272 e. The Kier molecular flexibility index (Phi) is 4.84. The van der Waals surface area contributed by atoms with Crippen LogP contribution in [-0.4, -0.2) is 28.9 Å². The van der Waals surface area contributed by atoms with Crippen molar-refractivity contribution in [1.82, 2.24) is 9.88 Å². The van der Waals surface area contributed by atoms with Crippen LogP contribution >= 0.6 is 0 Å². The summed E-state index contributed by atoms with van der Waals surface area (Å²) in [5.74, 6) is -0.0187. The summed E-state index contributed by atoms with van der Waals surface area (Å²) in [4.78, 5) is 19.6. The number of para-hydroxylation sites is 1. The Labute approximate surface area is 149 Å². The molecule has 3 aromatic rings. The van der Waals surface area contributed by atoms with E-state index < -0.39 is 0 Å². The maximum atomic E-state index is 13.1. The predicted octanol–water partition coefficient (Wildman–Crippen LogP) is 5.08. The number of carbonyl (C=O) groups excluding carboxylic acids is 1. The number of benzene rings is 2. The Balaban J connectivity index is 2.25. The van der Waals surface area contributed by atoms with E-state index in [4.69, 9.17) is 4.98 Å². The molecule has 0 spiro atoms. The topological polar surface area (TPSA) is 33.2 Å². The third kappa shape index (κ3) is 3.14. The van der Waals surface area contributed by atoms with Gasteiger partial charge in [0, 0.05) is 18.5 Å². The van der Waals surface area contributed by atoms with Crippen LogP contribution in [0.2, 0.25) is 0 Å². The van der Waals surface area contributed by atoms with Crippen LogP contribution in [0, 0.1) is 6.92 Å². The van der Waals surface area contributed by atoms with Gasteiger partial charge in [-0.05, 0) is 43.0 Å². The van der Waals surface area contributed by atoms with Gasteiger partial charge >= 0.3 is 0 Å². The van der Waals surface area contributed by atoms with Gasteiger partial charge in [0.05, 0.1) is 5.52 Å². The minimum absolute atomic E-state index is 0.0187. The Morgan fingerprint density at radius 2 is 1.72 bits per heavy atom. The summed E-state index contributed by atoms with van der Waals surface area (Å²) in [6.07, 6.45) is 0.917. The lowest BCUT2D eigenvalue weighted by atomic mass is 9.94. The Bertz CT molecular complexity index is 903. The van der Waals surface area contributed by atoms with Crippen LogP contribution in [-0.2, 0) is 0 Å². The molecular weight excluding hydrogens is 308 g/mol. The van der Waals surface area contributed by atoms with Crippen LogP contribution in [0.4, 0.5) is 0 Å². The fourth-order valence-electron chi connectivity index (χ4n) is 3.13. The number of hydrogen-bond acceptors (Lipinski definition) is 2. The minimum atomic E-state index is -0.0187. The third-order valence-corrected chi connectivity index (χ3v) is 4.97. The maximum absolute atomic E-state index is 13.1. The van der Waals surface area contributed by atoms with E-state index in [0.29, 0.717) is 5.69 Å². The van der Waals surface area contributed by atoms with Crippen molar-refractivity contribution in [3.05, 3.63) is 65.9 Å². The van der Waals surface area contributed by atoms with E-state index in [1.165, 1.54) is 0 Å². The van der Waals surface area contributed by atoms with Crippen molar-refractivity contribution in [1.29, 1.82) is 0 Å². The normalized spacial score (nSPS) is 12.2. The molecule has 0 radical (unpaired) electrons. The van der Waals surface area contributed by atoms with E-state index in [0.717, 1.165) is 34.0 Å². The molecule has 0 saturated heterocycles. The van der Waals surface area contributed by atoms with Crippen molar-refractivity contribution in [3.63, 3.8) is 0 Å². The van der Waals surface area contributed by atoms with E-state index in [-0.39, 0.29) is 11.9 Å². The van der Waals surface area contributed by atoms with Crippen molar-refractivity contribution in [3.8, 4) is 11.1 Å². The fourth-order valence-corrected chi connectivity index (χ4v) is 3.13. The summed E-state index contributed by atoms with van der Waals surface area (Å²) in [5, 5.41) is 1.08. The molecule has 0 aliphatic heterocycles. The molecule has 3 heteroatoms. The Hall–Kier alpha value is -2.68. The molecule has 0 N–H and O–H groups in total. The number of rotatable bonds is 4. The molecule has 0 saturated carbocycles. The van der Waals surface area contributed by atoms with Gasteiger partial charge in [0.1, 0.15) is 5.69 Å². The third-order valence-electron chi connectivity index (χ3n) is 4.97. The molecule has 128 valence electrons. The van der Waals surface area contributed by atoms with E-state index in [1.807, 2.05) is 50.4 Å². The first kappa shape index (κ1) is 17.2. The quantitative estimate of drug-likeness (QED) is 0.667. The van der Waals surface area contributed by atoms with Crippen LogP contribution < -0.4 is 0 Å². The monoisotopic (exact) mass is 332 g/mol. The molecule has 0 unspecified atom stereocenters. The van der Waals surface area contributed by atoms with E-state index >= 15 is 0 Å². The van der Waals surface area contributed by atoms with Crippen molar-refractivity contribution in [2.75, 3.05) is 7.05 Å². The summed E-state index contributed by atoms with van der Waals surface area (Å²) in [5.41, 5.74) is 4.53. The number of nitrogens with zero attached hydrogens (tertiary/aromatic N) is 2. The van der Waals surface area contributed by atoms with Gasteiger partial charge < -0.3 is 4.90 Å². The first-order chi connectivity index (χ1) is 12.0. The molecule has 1 amide bonds. The summed E-state index contributed by atoms with van der Waals surface area (Å²) < 4.78 is 0. The number of aromatic nitrogens is 1. The average molecular weight is 332 g/mol. The van der Waals surface area contributed by atoms with Crippen LogP contribution in [0.5, 0.6) is 0 Å². The number of fused-ring (bicyclic) bond motifs is 1. The van der Waals surface area contributed by atoms with E-state index in [2.05, 4.69) is 32.0 Å². The summed E-state index contributed by atoms with van der Waals surface area (Å²) >= 11 is 0. The van der Waals surface area contributed by atoms with E-state index in [9.17, 15) is 4.79 Å². The average Bonchev–Trinajstić information content (AvgIpc) is 2.66. The second-order valence-corrected chi connectivity index (χ2v) is 6.52. The highest BCUT2D eigenvalue weighted by Crippen LogP contribution is 2.33. The lowest BCUT2D eigenvalue weighted by Crippen LogP contribution is -2.35. The zero-order chi connectivity index (χ0) is 18.0. The van der Waals surface area contributed by atoms with Crippen molar-refractivity contribution in [2.45, 2.75) is 33.2 Å². The van der Waals surface area contributed by atoms with Crippen LogP contribution in [0.15, 0.2) is 54.6 Å². The highest BCUT2D eigenvalue weighted by atomic mass is 16.2. The van der Waals surface area contributed by atoms with Gasteiger partial charge in [0.15, 0.2) is 0 Å². The molecule has 0 aliphatic rings. The lowest BCUT2D eigenvalue weighted by Gasteiger charge is -2.25. The number of hydrogen-bond donors (Lipinski definition) is 0. The molecule has 3 nitrogen and oxygen atoms in total. The van der Waals surface area contributed by atoms with Crippen molar-refractivity contribution < 1.29 is 4.79 Å². The highest BCUT2D eigenvalue weighted by Gasteiger charge is 2.23. The highest BCUT2D eigenvalue weighted by molar-refractivity contribution is 6.03. The molecule has 2 aromatic carbocycles. The summed E-state index contributed by atoms with van der Waals surface area (Å²) in [6, 6.07) is 18.4. The Morgan fingerprint density at radius 1 is 1.08 bits per heavy atom. The van der Waals surface area contributed by atoms with Gasteiger partial charge in [-0.2, -0.15) is 0 Å². The van der Waals surface area contributed by atoms with E-state index in [1.54, 1.807) is 4.90 Å². The zero-order valence-electron chi connectivity index (χ0n) is 15.3. The molecule has 1 atom stereocenters. The van der Waals surface area contributed by atoms with Gasteiger partial charge in [-0.25, -0.2) is 4.98 Å². The second kappa shape index (κ2) is 7.06. The number of amides is 1. The molecule has 0 aliphatic carbocycles. The van der Waals surface area contributed by atoms with Crippen LogP contribution in [0.1, 0.15) is 36.3 Å². The van der Waals surface area contributed by atoms with Gasteiger partial charge in [-0.3, -0.25) is 4.79 Å². The van der Waals surface area contributed by atoms with Crippen LogP contribution in [0.3, 0.4) is 0 Å². The fraction of sp³-hybridized carbons (Fsp3) is 0.273. The smallest absolute Gasteiger partial charge is 0.272 e. The molecule has 0 bridgehead atoms. The molecule has 25 heavy (non-hydrogen) atoms. The van der Waals surface area contributed by atoms with Crippen molar-refractivity contribution in [2.24, 2.45) is 0 Å². The largest absolute Gasteiger partial charge is 0.338 e. The Morgan fingerprint density at radius 3 is 2.40 bits per heavy atom. The molecular formula is C22H24N2O. The molecule has 0 fully saturated rings. The predicted molar refractivity (Wildman–Crippen MR) is 104 cm³/mol. The lowest BCUT2D eigenvalue weighted by molar-refractivity contribution is 0.0734.